The van der Waals surface area contributed by atoms with Crippen LogP contribution < -0.4 is 25.0 Å². The maximum Gasteiger partial charge on any atom is 0.414 e. The molecule has 0 saturated carbocycles. The van der Waals surface area contributed by atoms with Crippen molar-refractivity contribution in [3.63, 3.8) is 0 Å². The molecule has 1 fully saturated rings. The van der Waals surface area contributed by atoms with E-state index in [0.717, 1.165) is 4.90 Å². The number of carbonyl (C=O) groups excluding carboxylic acids is 3. The number of hydrogen-bond acceptors (Lipinski definition) is 11. The van der Waals surface area contributed by atoms with Crippen LogP contribution in [0.1, 0.15) is 0 Å². The molecular formula is C18H22I3N3O11. The predicted octanol–water partition coefficient (Wildman–Crippen LogP) is -0.299. The topological polar surface area (TPSA) is 207 Å². The molecule has 0 bridgehead atoms. The van der Waals surface area contributed by atoms with Crippen molar-refractivity contribution in [1.29, 1.82) is 0 Å². The number of ether oxygens (including phenoxy) is 3. The molecule has 1 heterocycles. The highest BCUT2D eigenvalue weighted by Gasteiger charge is 2.39. The van der Waals surface area contributed by atoms with Gasteiger partial charge in [-0.3, -0.25) is 4.90 Å². The lowest BCUT2D eigenvalue weighted by molar-refractivity contribution is 0.0934. The lowest BCUT2D eigenvalue weighted by atomic mass is 10.2. The average Bonchev–Trinajstić information content (AvgIpc) is 3.21. The molecule has 1 aromatic carbocycles. The first-order valence-corrected chi connectivity index (χ1v) is 13.1. The molecule has 3 amide bonds. The van der Waals surface area contributed by atoms with Crippen LogP contribution in [0.15, 0.2) is 0 Å². The highest BCUT2D eigenvalue weighted by Crippen LogP contribution is 2.47. The average molecular weight is 837 g/mol. The quantitative estimate of drug-likeness (QED) is 0.153. The molecule has 0 radical (unpaired) electrons. The Morgan fingerprint density at radius 1 is 0.943 bits per heavy atom. The summed E-state index contributed by atoms with van der Waals surface area (Å²) in [6.45, 7) is -2.30. The number of rotatable bonds is 10. The van der Waals surface area contributed by atoms with Crippen molar-refractivity contribution in [1.82, 2.24) is 10.6 Å². The van der Waals surface area contributed by atoms with Gasteiger partial charge >= 0.3 is 18.3 Å². The number of hydrogen-bond donors (Lipinski definition) is 7. The van der Waals surface area contributed by atoms with E-state index in [1.807, 2.05) is 45.2 Å². The fourth-order valence-corrected chi connectivity index (χ4v) is 6.78. The molecule has 17 heteroatoms. The summed E-state index contributed by atoms with van der Waals surface area (Å²) < 4.78 is 16.5. The van der Waals surface area contributed by atoms with Crippen LogP contribution in [-0.4, -0.2) is 102 Å². The second kappa shape index (κ2) is 14.1. The SMILES string of the molecule is O=C(NCC(O)CO)Oc1c(I)c(OC(=O)NCC(O)CO)c(I)c(N2C(=O)OC[C@H]2CO)c1I. The zero-order valence-electron chi connectivity index (χ0n) is 17.7. The second-order valence-corrected chi connectivity index (χ2v) is 10.2. The molecule has 0 spiro atoms. The third kappa shape index (κ3) is 7.75. The van der Waals surface area contributed by atoms with Crippen LogP contribution in [0.5, 0.6) is 11.5 Å². The van der Waals surface area contributed by atoms with Crippen LogP contribution in [0.3, 0.4) is 0 Å². The molecule has 14 nitrogen and oxygen atoms in total. The minimum Gasteiger partial charge on any atom is -0.447 e. The van der Waals surface area contributed by atoms with Crippen molar-refractivity contribution in [2.45, 2.75) is 18.2 Å². The Hall–Kier alpha value is -0.980. The van der Waals surface area contributed by atoms with Gasteiger partial charge in [-0.1, -0.05) is 0 Å². The molecule has 0 aliphatic carbocycles. The summed E-state index contributed by atoms with van der Waals surface area (Å²) in [6.07, 6.45) is -5.19. The predicted molar refractivity (Wildman–Crippen MR) is 144 cm³/mol. The van der Waals surface area contributed by atoms with E-state index < -0.39 is 56.4 Å². The number of cyclic esters (lactones) is 1. The normalized spacial score (nSPS) is 17.0. The fraction of sp³-hybridized carbons (Fsp3) is 0.500. The van der Waals surface area contributed by atoms with Crippen molar-refractivity contribution < 1.29 is 54.1 Å². The summed E-state index contributed by atoms with van der Waals surface area (Å²) in [5, 5.41) is 50.9. The van der Waals surface area contributed by atoms with Crippen molar-refractivity contribution in [2.75, 3.05) is 44.4 Å². The molecule has 1 aliphatic heterocycles. The Balaban J connectivity index is 2.50. The highest BCUT2D eigenvalue weighted by atomic mass is 127. The van der Waals surface area contributed by atoms with E-state index in [0.29, 0.717) is 0 Å². The van der Waals surface area contributed by atoms with Crippen LogP contribution in [-0.2, 0) is 4.74 Å². The van der Waals surface area contributed by atoms with Crippen LogP contribution in [0.2, 0.25) is 0 Å². The first-order chi connectivity index (χ1) is 16.5. The van der Waals surface area contributed by atoms with Gasteiger partial charge in [-0.25, -0.2) is 14.4 Å². The highest BCUT2D eigenvalue weighted by molar-refractivity contribution is 14.1. The number of anilines is 1. The number of aliphatic hydroxyl groups excluding tert-OH is 5. The number of amides is 3. The number of halogens is 3. The Kier molecular flexibility index (Phi) is 12.2. The fourth-order valence-electron chi connectivity index (χ4n) is 2.66. The van der Waals surface area contributed by atoms with Gasteiger partial charge in [-0.15, -0.1) is 0 Å². The zero-order chi connectivity index (χ0) is 26.3. The van der Waals surface area contributed by atoms with E-state index in [1.54, 1.807) is 22.6 Å². The summed E-state index contributed by atoms with van der Waals surface area (Å²) in [5.41, 5.74) is 0.157. The largest absolute Gasteiger partial charge is 0.447 e. The molecule has 196 valence electrons. The Morgan fingerprint density at radius 3 is 1.80 bits per heavy atom. The Morgan fingerprint density at radius 2 is 1.40 bits per heavy atom. The summed E-state index contributed by atoms with van der Waals surface area (Å²) in [4.78, 5) is 38.3. The molecule has 1 saturated heterocycles. The number of aliphatic hydroxyl groups is 5. The van der Waals surface area contributed by atoms with E-state index in [1.165, 1.54) is 0 Å². The van der Waals surface area contributed by atoms with Gasteiger partial charge in [0.15, 0.2) is 11.5 Å². The van der Waals surface area contributed by atoms with Crippen LogP contribution in [0, 0.1) is 10.7 Å². The molecule has 1 aliphatic rings. The lowest BCUT2D eigenvalue weighted by Crippen LogP contribution is -2.38. The van der Waals surface area contributed by atoms with Gasteiger partial charge < -0.3 is 50.4 Å². The van der Waals surface area contributed by atoms with E-state index >= 15 is 0 Å². The first-order valence-electron chi connectivity index (χ1n) is 9.82. The van der Waals surface area contributed by atoms with Gasteiger partial charge in [0.2, 0.25) is 0 Å². The standard InChI is InChI=1S/C18H22I3N3O11/c19-10-13(24-7(3-25)6-33-18(24)32)11(20)15(35-17(31)23-2-9(29)5-27)12(21)14(10)34-16(30)22-1-8(28)4-26/h7-9,25-29H,1-6H2,(H,22,30)(H,23,31)/t7-,8?,9?/m1/s1. The molecule has 2 unspecified atom stereocenters. The Bertz CT molecular complexity index is 897. The van der Waals surface area contributed by atoms with Crippen molar-refractivity contribution >= 4 is 91.7 Å². The van der Waals surface area contributed by atoms with Gasteiger partial charge in [-0.2, -0.15) is 0 Å². The monoisotopic (exact) mass is 837 g/mol. The summed E-state index contributed by atoms with van der Waals surface area (Å²) in [6, 6.07) is -0.757. The summed E-state index contributed by atoms with van der Waals surface area (Å²) >= 11 is 5.43. The van der Waals surface area contributed by atoms with Gasteiger partial charge in [0.25, 0.3) is 0 Å². The number of nitrogens with zero attached hydrogens (tertiary/aromatic N) is 1. The Labute approximate surface area is 239 Å². The van der Waals surface area contributed by atoms with Crippen LogP contribution in [0.4, 0.5) is 20.1 Å². The van der Waals surface area contributed by atoms with Gasteiger partial charge in [0, 0.05) is 13.1 Å². The third-order valence-corrected chi connectivity index (χ3v) is 7.38. The molecule has 0 aromatic heterocycles. The molecule has 2 rings (SSSR count). The minimum atomic E-state index is -1.21. The van der Waals surface area contributed by atoms with E-state index in [9.17, 15) is 29.7 Å². The van der Waals surface area contributed by atoms with Crippen LogP contribution >= 0.6 is 67.8 Å². The molecular weight excluding hydrogens is 815 g/mol. The molecule has 3 atom stereocenters. The smallest absolute Gasteiger partial charge is 0.414 e. The van der Waals surface area contributed by atoms with E-state index in [2.05, 4.69) is 10.6 Å². The zero-order valence-corrected chi connectivity index (χ0v) is 24.2. The van der Waals surface area contributed by atoms with Crippen molar-refractivity contribution in [2.24, 2.45) is 0 Å². The minimum absolute atomic E-state index is 0.0906. The maximum absolute atomic E-state index is 12.5. The number of benzene rings is 1. The van der Waals surface area contributed by atoms with E-state index in [-0.39, 0.29) is 47.6 Å². The molecule has 7 N–H and O–H groups in total. The van der Waals surface area contributed by atoms with Gasteiger partial charge in [0.05, 0.1) is 50.9 Å². The summed E-state index contributed by atoms with van der Waals surface area (Å²) in [7, 11) is 0. The number of carbonyl (C=O) groups is 3. The summed E-state index contributed by atoms with van der Waals surface area (Å²) in [5.74, 6) is -0.181. The first kappa shape index (κ1) is 30.2. The second-order valence-electron chi connectivity index (χ2n) is 6.95. The third-order valence-electron chi connectivity index (χ3n) is 4.40. The van der Waals surface area contributed by atoms with Crippen molar-refractivity contribution in [3.8, 4) is 11.5 Å². The van der Waals surface area contributed by atoms with Crippen molar-refractivity contribution in [3.05, 3.63) is 10.7 Å². The van der Waals surface area contributed by atoms with Crippen LogP contribution in [0.25, 0.3) is 0 Å². The molecule has 35 heavy (non-hydrogen) atoms. The number of nitrogens with one attached hydrogen (secondary N) is 2. The molecule has 1 aromatic rings. The lowest BCUT2D eigenvalue weighted by Gasteiger charge is -2.26. The van der Waals surface area contributed by atoms with E-state index in [4.69, 9.17) is 24.4 Å². The van der Waals surface area contributed by atoms with Gasteiger partial charge in [0.1, 0.15) is 10.2 Å². The van der Waals surface area contributed by atoms with Gasteiger partial charge in [-0.05, 0) is 67.8 Å². The maximum atomic E-state index is 12.5.